The topological polar surface area (TPSA) is 65.4 Å². The molecule has 0 amide bonds. The Morgan fingerprint density at radius 1 is 0.960 bits per heavy atom. The first-order valence-corrected chi connectivity index (χ1v) is 9.04. The molecule has 3 rings (SSSR count). The minimum atomic E-state index is -3.84. The summed E-state index contributed by atoms with van der Waals surface area (Å²) in [6, 6.07) is 15.3. The van der Waals surface area contributed by atoms with E-state index >= 15 is 0 Å². The summed E-state index contributed by atoms with van der Waals surface area (Å²) in [6.07, 6.45) is 2.00. The number of hydrogen-bond donors (Lipinski definition) is 0. The lowest BCUT2D eigenvalue weighted by atomic mass is 10.1. The zero-order valence-electron chi connectivity index (χ0n) is 13.8. The van der Waals surface area contributed by atoms with Crippen LogP contribution in [-0.4, -0.2) is 25.8 Å². The number of carbonyl (C=O) groups excluding carboxylic acids is 1. The van der Waals surface area contributed by atoms with Crippen molar-refractivity contribution in [3.63, 3.8) is 0 Å². The predicted octanol–water partition coefficient (Wildman–Crippen LogP) is 3.52. The number of aldehydes is 1. The van der Waals surface area contributed by atoms with Crippen molar-refractivity contribution in [1.82, 2.24) is 3.97 Å². The van der Waals surface area contributed by atoms with Crippen molar-refractivity contribution < 1.29 is 17.9 Å². The van der Waals surface area contributed by atoms with E-state index in [0.717, 1.165) is 15.1 Å². The van der Waals surface area contributed by atoms with E-state index in [1.165, 1.54) is 18.3 Å². The molecule has 0 bridgehead atoms. The maximum absolute atomic E-state index is 12.9. The van der Waals surface area contributed by atoms with Crippen LogP contribution in [-0.2, 0) is 10.0 Å². The largest absolute Gasteiger partial charge is 0.497 e. The second kappa shape index (κ2) is 6.57. The Morgan fingerprint density at radius 2 is 1.60 bits per heavy atom. The Bertz CT molecular complexity index is 1000. The highest BCUT2D eigenvalue weighted by molar-refractivity contribution is 7.90. The maximum Gasteiger partial charge on any atom is 0.268 e. The third kappa shape index (κ3) is 3.21. The highest BCUT2D eigenvalue weighted by Gasteiger charge is 2.21. The van der Waals surface area contributed by atoms with E-state index in [0.29, 0.717) is 17.6 Å². The van der Waals surface area contributed by atoms with Gasteiger partial charge in [-0.3, -0.25) is 4.79 Å². The molecule has 0 radical (unpaired) electrons. The predicted molar refractivity (Wildman–Crippen MR) is 95.6 cm³/mol. The lowest BCUT2D eigenvalue weighted by Gasteiger charge is -2.07. The average Bonchev–Trinajstić information content (AvgIpc) is 3.07. The Hall–Kier alpha value is -2.86. The molecule has 0 spiro atoms. The summed E-state index contributed by atoms with van der Waals surface area (Å²) >= 11 is 0. The zero-order chi connectivity index (χ0) is 18.0. The number of aromatic nitrogens is 1. The van der Waals surface area contributed by atoms with E-state index < -0.39 is 10.0 Å². The van der Waals surface area contributed by atoms with Crippen LogP contribution in [0.5, 0.6) is 5.75 Å². The molecule has 128 valence electrons. The monoisotopic (exact) mass is 355 g/mol. The third-order valence-corrected chi connectivity index (χ3v) is 5.64. The normalized spacial score (nSPS) is 11.3. The van der Waals surface area contributed by atoms with Crippen molar-refractivity contribution in [2.24, 2.45) is 0 Å². The summed E-state index contributed by atoms with van der Waals surface area (Å²) in [6.45, 7) is 1.88. The van der Waals surface area contributed by atoms with E-state index in [1.54, 1.807) is 37.4 Å². The number of ether oxygens (including phenoxy) is 1. The molecule has 0 saturated heterocycles. The fourth-order valence-electron chi connectivity index (χ4n) is 2.52. The maximum atomic E-state index is 12.9. The summed E-state index contributed by atoms with van der Waals surface area (Å²) in [7, 11) is -2.26. The van der Waals surface area contributed by atoms with Crippen LogP contribution >= 0.6 is 0 Å². The van der Waals surface area contributed by atoms with Crippen LogP contribution in [0.2, 0.25) is 0 Å². The van der Waals surface area contributed by atoms with Crippen molar-refractivity contribution in [2.45, 2.75) is 11.8 Å². The fourth-order valence-corrected chi connectivity index (χ4v) is 3.85. The number of nitrogens with zero attached hydrogens (tertiary/aromatic N) is 1. The number of hydrogen-bond acceptors (Lipinski definition) is 4. The quantitative estimate of drug-likeness (QED) is 0.657. The fraction of sp³-hybridized carbons (Fsp3) is 0.105. The molecule has 0 aliphatic carbocycles. The molecule has 1 aromatic heterocycles. The molecule has 0 aliphatic rings. The second-order valence-electron chi connectivity index (χ2n) is 5.61. The molecule has 2 aromatic carbocycles. The number of benzene rings is 2. The number of aryl methyl sites for hydroxylation is 1. The van der Waals surface area contributed by atoms with Gasteiger partial charge in [-0.2, -0.15) is 0 Å². The van der Waals surface area contributed by atoms with Gasteiger partial charge in [0.2, 0.25) is 0 Å². The molecule has 1 heterocycles. The van der Waals surface area contributed by atoms with Gasteiger partial charge < -0.3 is 4.74 Å². The molecule has 0 fully saturated rings. The summed E-state index contributed by atoms with van der Waals surface area (Å²) < 4.78 is 31.8. The Kier molecular flexibility index (Phi) is 4.46. The van der Waals surface area contributed by atoms with Gasteiger partial charge in [0.25, 0.3) is 10.0 Å². The van der Waals surface area contributed by atoms with Gasteiger partial charge in [-0.1, -0.05) is 29.8 Å². The molecule has 0 unspecified atom stereocenters. The van der Waals surface area contributed by atoms with Crippen LogP contribution in [0.3, 0.4) is 0 Å². The van der Waals surface area contributed by atoms with Crippen molar-refractivity contribution >= 4 is 16.3 Å². The van der Waals surface area contributed by atoms with E-state index in [9.17, 15) is 13.2 Å². The second-order valence-corrected chi connectivity index (χ2v) is 7.43. The van der Waals surface area contributed by atoms with Gasteiger partial charge in [0.05, 0.1) is 17.7 Å². The highest BCUT2D eigenvalue weighted by Crippen LogP contribution is 2.27. The van der Waals surface area contributed by atoms with Gasteiger partial charge in [0, 0.05) is 11.8 Å². The molecule has 0 aliphatic heterocycles. The van der Waals surface area contributed by atoms with Crippen LogP contribution in [0.25, 0.3) is 11.1 Å². The lowest BCUT2D eigenvalue weighted by molar-refractivity contribution is 0.111. The first-order valence-electron chi connectivity index (χ1n) is 7.60. The molecule has 25 heavy (non-hydrogen) atoms. The zero-order valence-corrected chi connectivity index (χ0v) is 14.7. The Balaban J connectivity index is 2.08. The molecule has 0 saturated carbocycles. The molecule has 3 aromatic rings. The summed E-state index contributed by atoms with van der Waals surface area (Å²) in [5.41, 5.74) is 2.47. The number of methoxy groups -OCH3 is 1. The average molecular weight is 355 g/mol. The Morgan fingerprint density at radius 3 is 2.16 bits per heavy atom. The van der Waals surface area contributed by atoms with Crippen LogP contribution in [0, 0.1) is 6.92 Å². The van der Waals surface area contributed by atoms with Gasteiger partial charge in [0.1, 0.15) is 5.75 Å². The van der Waals surface area contributed by atoms with Crippen molar-refractivity contribution in [2.75, 3.05) is 7.11 Å². The lowest BCUT2D eigenvalue weighted by Crippen LogP contribution is -2.14. The minimum Gasteiger partial charge on any atom is -0.497 e. The van der Waals surface area contributed by atoms with E-state index in [2.05, 4.69) is 0 Å². The van der Waals surface area contributed by atoms with Crippen LogP contribution in [0.15, 0.2) is 65.7 Å². The van der Waals surface area contributed by atoms with Crippen molar-refractivity contribution in [3.8, 4) is 16.9 Å². The highest BCUT2D eigenvalue weighted by atomic mass is 32.2. The molecule has 5 nitrogen and oxygen atoms in total. The molecular formula is C19H17NO4S. The first kappa shape index (κ1) is 17.0. The SMILES string of the molecule is COc1ccc(-c2cc(C=O)n(S(=O)(=O)c3ccc(C)cc3)c2)cc1. The van der Waals surface area contributed by atoms with Crippen LogP contribution in [0.4, 0.5) is 0 Å². The molecule has 6 heteroatoms. The van der Waals surface area contributed by atoms with E-state index in [1.807, 2.05) is 19.1 Å². The van der Waals surface area contributed by atoms with E-state index in [-0.39, 0.29) is 10.6 Å². The molecule has 0 atom stereocenters. The van der Waals surface area contributed by atoms with Gasteiger partial charge in [-0.05, 0) is 42.8 Å². The molecule has 0 N–H and O–H groups in total. The van der Waals surface area contributed by atoms with Crippen LogP contribution < -0.4 is 4.74 Å². The first-order chi connectivity index (χ1) is 12.0. The van der Waals surface area contributed by atoms with Crippen molar-refractivity contribution in [3.05, 3.63) is 72.1 Å². The van der Waals surface area contributed by atoms with Gasteiger partial charge in [0.15, 0.2) is 6.29 Å². The standard InChI is InChI=1S/C19H17NO4S/c1-14-3-9-19(10-4-14)25(22,23)20-12-16(11-17(20)13-21)15-5-7-18(24-2)8-6-15/h3-13H,1-2H3. The minimum absolute atomic E-state index is 0.0754. The van der Waals surface area contributed by atoms with Gasteiger partial charge in [-0.25, -0.2) is 12.4 Å². The van der Waals surface area contributed by atoms with Gasteiger partial charge >= 0.3 is 0 Å². The van der Waals surface area contributed by atoms with Crippen LogP contribution in [0.1, 0.15) is 16.1 Å². The van der Waals surface area contributed by atoms with Gasteiger partial charge in [-0.15, -0.1) is 0 Å². The summed E-state index contributed by atoms with van der Waals surface area (Å²) in [5.74, 6) is 0.700. The Labute approximate surface area is 146 Å². The smallest absolute Gasteiger partial charge is 0.268 e. The summed E-state index contributed by atoms with van der Waals surface area (Å²) in [4.78, 5) is 11.5. The number of carbonyl (C=O) groups is 1. The van der Waals surface area contributed by atoms with E-state index in [4.69, 9.17) is 4.74 Å². The van der Waals surface area contributed by atoms with Crippen molar-refractivity contribution in [1.29, 1.82) is 0 Å². The molecular weight excluding hydrogens is 338 g/mol. The summed E-state index contributed by atoms with van der Waals surface area (Å²) in [5, 5.41) is 0. The third-order valence-electron chi connectivity index (χ3n) is 3.94. The number of rotatable bonds is 5.